The first-order valence-electron chi connectivity index (χ1n) is 6.56. The van der Waals surface area contributed by atoms with E-state index >= 15 is 0 Å². The largest absolute Gasteiger partial charge is 0.481 e. The van der Waals surface area contributed by atoms with Gasteiger partial charge in [0, 0.05) is 26.2 Å². The fourth-order valence-electron chi connectivity index (χ4n) is 3.40. The lowest BCUT2D eigenvalue weighted by Gasteiger charge is -2.33. The summed E-state index contributed by atoms with van der Waals surface area (Å²) in [5, 5.41) is 12.5. The Morgan fingerprint density at radius 3 is 2.33 bits per heavy atom. The van der Waals surface area contributed by atoms with E-state index in [4.69, 9.17) is 4.74 Å². The Morgan fingerprint density at radius 2 is 1.72 bits per heavy atom. The summed E-state index contributed by atoms with van der Waals surface area (Å²) in [5.41, 5.74) is 0. The van der Waals surface area contributed by atoms with Crippen LogP contribution < -0.4 is 5.32 Å². The van der Waals surface area contributed by atoms with Crippen molar-refractivity contribution >= 4 is 11.9 Å². The zero-order valence-electron chi connectivity index (χ0n) is 10.2. The van der Waals surface area contributed by atoms with E-state index in [0.29, 0.717) is 13.1 Å². The molecule has 2 N–H and O–H groups in total. The van der Waals surface area contributed by atoms with Gasteiger partial charge in [-0.05, 0) is 12.8 Å². The highest BCUT2D eigenvalue weighted by atomic mass is 16.5. The molecule has 3 heterocycles. The molecule has 3 rings (SSSR count). The fraction of sp³-hybridized carbons (Fsp3) is 0.833. The summed E-state index contributed by atoms with van der Waals surface area (Å²) in [7, 11) is 0. The first-order chi connectivity index (χ1) is 8.68. The zero-order chi connectivity index (χ0) is 12.7. The van der Waals surface area contributed by atoms with Gasteiger partial charge in [-0.3, -0.25) is 9.59 Å². The number of carboxylic acids is 1. The maximum atomic E-state index is 12.5. The van der Waals surface area contributed by atoms with Crippen LogP contribution in [0.25, 0.3) is 0 Å². The second-order valence-corrected chi connectivity index (χ2v) is 5.26. The summed E-state index contributed by atoms with van der Waals surface area (Å²) >= 11 is 0. The minimum Gasteiger partial charge on any atom is -0.481 e. The highest BCUT2D eigenvalue weighted by Crippen LogP contribution is 2.44. The zero-order valence-corrected chi connectivity index (χ0v) is 10.2. The van der Waals surface area contributed by atoms with Gasteiger partial charge in [-0.15, -0.1) is 0 Å². The van der Waals surface area contributed by atoms with Gasteiger partial charge < -0.3 is 20.1 Å². The van der Waals surface area contributed by atoms with Gasteiger partial charge in [-0.25, -0.2) is 0 Å². The molecule has 0 aromatic carbocycles. The van der Waals surface area contributed by atoms with Crippen LogP contribution >= 0.6 is 0 Å². The maximum absolute atomic E-state index is 12.5. The van der Waals surface area contributed by atoms with Crippen molar-refractivity contribution in [3.63, 3.8) is 0 Å². The molecule has 0 aromatic rings. The van der Waals surface area contributed by atoms with E-state index in [1.807, 2.05) is 0 Å². The summed E-state index contributed by atoms with van der Waals surface area (Å²) in [6, 6.07) is 0. The van der Waals surface area contributed by atoms with Crippen LogP contribution in [-0.4, -0.2) is 60.3 Å². The van der Waals surface area contributed by atoms with E-state index in [-0.39, 0.29) is 18.1 Å². The molecule has 3 aliphatic heterocycles. The third kappa shape index (κ3) is 1.80. The molecule has 6 heteroatoms. The Bertz CT molecular complexity index is 367. The van der Waals surface area contributed by atoms with Crippen LogP contribution in [0.4, 0.5) is 0 Å². The van der Waals surface area contributed by atoms with Gasteiger partial charge in [0.2, 0.25) is 5.91 Å². The maximum Gasteiger partial charge on any atom is 0.310 e. The Balaban J connectivity index is 1.77. The van der Waals surface area contributed by atoms with Gasteiger partial charge >= 0.3 is 5.97 Å². The molecule has 3 saturated heterocycles. The van der Waals surface area contributed by atoms with Crippen molar-refractivity contribution in [1.29, 1.82) is 0 Å². The number of fused-ring (bicyclic) bond motifs is 2. The lowest BCUT2D eigenvalue weighted by atomic mass is 9.78. The van der Waals surface area contributed by atoms with Gasteiger partial charge in [0.15, 0.2) is 0 Å². The standard InChI is InChI=1S/C12H18N2O4/c15-11(14-5-3-13-4-6-14)9-7-1-2-8(18-7)10(9)12(16)17/h7-10,13H,1-6H2,(H,16,17)/t7-,8+,9?,10?/m1/s1. The monoisotopic (exact) mass is 254 g/mol. The van der Waals surface area contributed by atoms with Gasteiger partial charge in [0.1, 0.15) is 0 Å². The molecule has 0 aromatic heterocycles. The molecule has 0 aliphatic carbocycles. The smallest absolute Gasteiger partial charge is 0.310 e. The van der Waals surface area contributed by atoms with E-state index in [1.54, 1.807) is 4.90 Å². The molecule has 3 aliphatic rings. The molecular formula is C12H18N2O4. The second kappa shape index (κ2) is 4.51. The molecule has 0 saturated carbocycles. The van der Waals surface area contributed by atoms with Crippen LogP contribution in [0.3, 0.4) is 0 Å². The number of aliphatic carboxylic acids is 1. The molecule has 6 nitrogen and oxygen atoms in total. The van der Waals surface area contributed by atoms with Crippen LogP contribution in [0.2, 0.25) is 0 Å². The van der Waals surface area contributed by atoms with Crippen LogP contribution in [0.1, 0.15) is 12.8 Å². The fourth-order valence-corrected chi connectivity index (χ4v) is 3.40. The normalized spacial score (nSPS) is 39.0. The number of nitrogens with one attached hydrogen (secondary N) is 1. The Kier molecular flexibility index (Phi) is 2.99. The highest BCUT2D eigenvalue weighted by Gasteiger charge is 2.56. The molecule has 3 fully saturated rings. The minimum absolute atomic E-state index is 0.0314. The van der Waals surface area contributed by atoms with Crippen molar-refractivity contribution in [2.45, 2.75) is 25.0 Å². The quantitative estimate of drug-likeness (QED) is 0.681. The number of carbonyl (C=O) groups excluding carboxylic acids is 1. The van der Waals surface area contributed by atoms with Crippen molar-refractivity contribution in [3.05, 3.63) is 0 Å². The van der Waals surface area contributed by atoms with Crippen molar-refractivity contribution in [2.24, 2.45) is 11.8 Å². The molecule has 100 valence electrons. The summed E-state index contributed by atoms with van der Waals surface area (Å²) in [5.74, 6) is -2.04. The molecule has 2 bridgehead atoms. The Morgan fingerprint density at radius 1 is 1.11 bits per heavy atom. The van der Waals surface area contributed by atoms with E-state index in [1.165, 1.54) is 0 Å². The average Bonchev–Trinajstić information content (AvgIpc) is 2.99. The Labute approximate surface area is 105 Å². The SMILES string of the molecule is O=C(O)C1C(C(=O)N2CCNCC2)[C@H]2CC[C@@H]1O2. The van der Waals surface area contributed by atoms with Gasteiger partial charge in [0.25, 0.3) is 0 Å². The summed E-state index contributed by atoms with van der Waals surface area (Å²) in [4.78, 5) is 25.6. The summed E-state index contributed by atoms with van der Waals surface area (Å²) < 4.78 is 5.63. The minimum atomic E-state index is -0.893. The number of piperazine rings is 1. The summed E-state index contributed by atoms with van der Waals surface area (Å²) in [6.45, 7) is 2.90. The predicted octanol–water partition coefficient (Wildman–Crippen LogP) is -0.704. The van der Waals surface area contributed by atoms with Gasteiger partial charge in [0.05, 0.1) is 24.0 Å². The van der Waals surface area contributed by atoms with Crippen molar-refractivity contribution in [1.82, 2.24) is 10.2 Å². The number of amides is 1. The van der Waals surface area contributed by atoms with Crippen molar-refractivity contribution in [3.8, 4) is 0 Å². The van der Waals surface area contributed by atoms with Crippen molar-refractivity contribution < 1.29 is 19.4 Å². The lowest BCUT2D eigenvalue weighted by Crippen LogP contribution is -2.52. The number of carbonyl (C=O) groups is 2. The topological polar surface area (TPSA) is 78.9 Å². The predicted molar refractivity (Wildman–Crippen MR) is 62.0 cm³/mol. The Hall–Kier alpha value is -1.14. The van der Waals surface area contributed by atoms with Crippen molar-refractivity contribution in [2.75, 3.05) is 26.2 Å². The second-order valence-electron chi connectivity index (χ2n) is 5.26. The van der Waals surface area contributed by atoms with E-state index in [9.17, 15) is 14.7 Å². The van der Waals surface area contributed by atoms with Crippen LogP contribution in [0, 0.1) is 11.8 Å². The number of ether oxygens (including phenoxy) is 1. The highest BCUT2D eigenvalue weighted by molar-refractivity contribution is 5.86. The number of nitrogens with zero attached hydrogens (tertiary/aromatic N) is 1. The van der Waals surface area contributed by atoms with Crippen LogP contribution in [-0.2, 0) is 14.3 Å². The molecule has 0 radical (unpaired) electrons. The van der Waals surface area contributed by atoms with E-state index in [2.05, 4.69) is 5.32 Å². The van der Waals surface area contributed by atoms with Gasteiger partial charge in [-0.2, -0.15) is 0 Å². The molecule has 2 unspecified atom stereocenters. The number of hydrogen-bond donors (Lipinski definition) is 2. The van der Waals surface area contributed by atoms with E-state index in [0.717, 1.165) is 25.9 Å². The molecule has 1 amide bonds. The first-order valence-corrected chi connectivity index (χ1v) is 6.56. The summed E-state index contributed by atoms with van der Waals surface area (Å²) in [6.07, 6.45) is 1.15. The molecular weight excluding hydrogens is 236 g/mol. The average molecular weight is 254 g/mol. The number of carboxylic acid groups (broad SMARTS) is 1. The van der Waals surface area contributed by atoms with Gasteiger partial charge in [-0.1, -0.05) is 0 Å². The molecule has 4 atom stereocenters. The van der Waals surface area contributed by atoms with Crippen LogP contribution in [0.5, 0.6) is 0 Å². The van der Waals surface area contributed by atoms with E-state index < -0.39 is 17.8 Å². The third-order valence-corrected chi connectivity index (χ3v) is 4.27. The lowest BCUT2D eigenvalue weighted by molar-refractivity contribution is -0.151. The third-order valence-electron chi connectivity index (χ3n) is 4.27. The number of hydrogen-bond acceptors (Lipinski definition) is 4. The molecule has 18 heavy (non-hydrogen) atoms. The molecule has 0 spiro atoms. The number of rotatable bonds is 2. The first kappa shape index (κ1) is 11.9. The van der Waals surface area contributed by atoms with Crippen LogP contribution in [0.15, 0.2) is 0 Å².